The fraction of sp³-hybridized carbons (Fsp3) is 0.400. The molecule has 3 rings (SSSR count). The van der Waals surface area contributed by atoms with Crippen molar-refractivity contribution in [2.75, 3.05) is 32.1 Å². The molecule has 2 N–H and O–H groups in total. The third-order valence-corrected chi connectivity index (χ3v) is 3.61. The summed E-state index contributed by atoms with van der Waals surface area (Å²) in [7, 11) is 1.94. The van der Waals surface area contributed by atoms with Gasteiger partial charge in [0, 0.05) is 19.5 Å². The fourth-order valence-electron chi connectivity index (χ4n) is 2.35. The molecule has 1 aromatic heterocycles. The van der Waals surface area contributed by atoms with E-state index in [2.05, 4.69) is 20.5 Å². The lowest BCUT2D eigenvalue weighted by atomic mass is 10.1. The van der Waals surface area contributed by atoms with Gasteiger partial charge in [-0.3, -0.25) is 15.2 Å². The second kappa shape index (κ2) is 6.84. The zero-order valence-corrected chi connectivity index (χ0v) is 12.8. The number of aromatic amines is 1. The summed E-state index contributed by atoms with van der Waals surface area (Å²) in [6.07, 6.45) is -0.0426. The smallest absolute Gasteiger partial charge is 0.257 e. The Morgan fingerprint density at radius 1 is 1.48 bits per heavy atom. The van der Waals surface area contributed by atoms with E-state index >= 15 is 0 Å². The average Bonchev–Trinajstić information content (AvgIpc) is 2.96. The second-order valence-corrected chi connectivity index (χ2v) is 5.52. The average molecular weight is 319 g/mol. The maximum Gasteiger partial charge on any atom is 0.257 e. The monoisotopic (exact) mass is 319 g/mol. The number of halogens is 1. The summed E-state index contributed by atoms with van der Waals surface area (Å²) in [5, 5.41) is 9.38. The number of amides is 1. The molecule has 0 saturated carbocycles. The van der Waals surface area contributed by atoms with Gasteiger partial charge in [0.1, 0.15) is 17.7 Å². The highest BCUT2D eigenvalue weighted by Gasteiger charge is 2.25. The highest BCUT2D eigenvalue weighted by atomic mass is 19.1. The second-order valence-electron chi connectivity index (χ2n) is 5.52. The Hall–Kier alpha value is -2.32. The van der Waals surface area contributed by atoms with Crippen LogP contribution in [0.5, 0.6) is 0 Å². The van der Waals surface area contributed by atoms with E-state index in [1.54, 1.807) is 12.1 Å². The lowest BCUT2D eigenvalue weighted by Crippen LogP contribution is -2.46. The van der Waals surface area contributed by atoms with Crippen LogP contribution in [0.4, 0.5) is 10.3 Å². The maximum atomic E-state index is 12.9. The molecule has 1 fully saturated rings. The molecular formula is C15H18FN5O2. The minimum absolute atomic E-state index is 0.212. The van der Waals surface area contributed by atoms with Gasteiger partial charge in [-0.25, -0.2) is 4.39 Å². The lowest BCUT2D eigenvalue weighted by molar-refractivity contribution is -0.132. The van der Waals surface area contributed by atoms with E-state index in [4.69, 9.17) is 4.74 Å². The SMILES string of the molecule is CN1CCO[C@@H](C(=O)Nc2n[nH]c(Cc3ccc(F)cc3)n2)C1. The first-order chi connectivity index (χ1) is 11.1. The van der Waals surface area contributed by atoms with Crippen LogP contribution in [0.25, 0.3) is 0 Å². The van der Waals surface area contributed by atoms with E-state index < -0.39 is 6.10 Å². The Labute approximate surface area is 132 Å². The normalized spacial score (nSPS) is 18.8. The number of rotatable bonds is 4. The molecule has 7 nitrogen and oxygen atoms in total. The molecule has 1 aliphatic rings. The van der Waals surface area contributed by atoms with E-state index in [-0.39, 0.29) is 17.7 Å². The van der Waals surface area contributed by atoms with Crippen molar-refractivity contribution in [2.45, 2.75) is 12.5 Å². The van der Waals surface area contributed by atoms with Crippen LogP contribution >= 0.6 is 0 Å². The van der Waals surface area contributed by atoms with Crippen molar-refractivity contribution in [3.8, 4) is 0 Å². The van der Waals surface area contributed by atoms with Crippen LogP contribution in [0.2, 0.25) is 0 Å². The lowest BCUT2D eigenvalue weighted by Gasteiger charge is -2.28. The van der Waals surface area contributed by atoms with Crippen molar-refractivity contribution in [2.24, 2.45) is 0 Å². The standard InChI is InChI=1S/C15H18FN5O2/c1-21-6-7-23-12(9-21)14(22)18-15-17-13(19-20-15)8-10-2-4-11(16)5-3-10/h2-5,12H,6-9H2,1H3,(H2,17,18,19,20,22)/t12-/m1/s1. The molecule has 1 atom stereocenters. The van der Waals surface area contributed by atoms with Crippen molar-refractivity contribution in [1.82, 2.24) is 20.1 Å². The first-order valence-corrected chi connectivity index (χ1v) is 7.37. The molecule has 1 aromatic carbocycles. The van der Waals surface area contributed by atoms with Gasteiger partial charge in [0.2, 0.25) is 5.95 Å². The van der Waals surface area contributed by atoms with E-state index in [0.717, 1.165) is 12.1 Å². The third-order valence-electron chi connectivity index (χ3n) is 3.61. The van der Waals surface area contributed by atoms with Gasteiger partial charge in [-0.05, 0) is 24.7 Å². The zero-order chi connectivity index (χ0) is 16.2. The van der Waals surface area contributed by atoms with Crippen LogP contribution in [0.3, 0.4) is 0 Å². The van der Waals surface area contributed by atoms with Gasteiger partial charge in [0.25, 0.3) is 5.91 Å². The van der Waals surface area contributed by atoms with Crippen molar-refractivity contribution >= 4 is 11.9 Å². The molecule has 122 valence electrons. The number of anilines is 1. The van der Waals surface area contributed by atoms with Crippen LogP contribution in [-0.4, -0.2) is 58.8 Å². The number of hydrogen-bond donors (Lipinski definition) is 2. The van der Waals surface area contributed by atoms with Crippen LogP contribution in [-0.2, 0) is 16.0 Å². The van der Waals surface area contributed by atoms with Crippen LogP contribution in [0.1, 0.15) is 11.4 Å². The van der Waals surface area contributed by atoms with E-state index in [1.807, 2.05) is 11.9 Å². The van der Waals surface area contributed by atoms with E-state index in [0.29, 0.717) is 25.4 Å². The topological polar surface area (TPSA) is 83.1 Å². The largest absolute Gasteiger partial charge is 0.366 e. The van der Waals surface area contributed by atoms with Gasteiger partial charge in [-0.2, -0.15) is 4.98 Å². The number of morpholine rings is 1. The van der Waals surface area contributed by atoms with E-state index in [9.17, 15) is 9.18 Å². The number of H-pyrrole nitrogens is 1. The summed E-state index contributed by atoms with van der Waals surface area (Å²) >= 11 is 0. The highest BCUT2D eigenvalue weighted by molar-refractivity contribution is 5.92. The fourth-order valence-corrected chi connectivity index (χ4v) is 2.35. The van der Waals surface area contributed by atoms with Gasteiger partial charge in [0.05, 0.1) is 6.61 Å². The number of nitrogens with zero attached hydrogens (tertiary/aromatic N) is 3. The number of hydrogen-bond acceptors (Lipinski definition) is 5. The molecule has 1 amide bonds. The van der Waals surface area contributed by atoms with E-state index in [1.165, 1.54) is 12.1 Å². The van der Waals surface area contributed by atoms with Crippen molar-refractivity contribution in [1.29, 1.82) is 0 Å². The van der Waals surface area contributed by atoms with Crippen molar-refractivity contribution in [3.63, 3.8) is 0 Å². The van der Waals surface area contributed by atoms with Gasteiger partial charge in [-0.15, -0.1) is 5.10 Å². The van der Waals surface area contributed by atoms with Crippen LogP contribution in [0, 0.1) is 5.82 Å². The Morgan fingerprint density at radius 3 is 3.00 bits per heavy atom. The van der Waals surface area contributed by atoms with Gasteiger partial charge >= 0.3 is 0 Å². The summed E-state index contributed by atoms with van der Waals surface area (Å²) < 4.78 is 18.3. The van der Waals surface area contributed by atoms with Crippen molar-refractivity contribution in [3.05, 3.63) is 41.5 Å². The minimum Gasteiger partial charge on any atom is -0.366 e. The summed E-state index contributed by atoms with van der Waals surface area (Å²) in [6.45, 7) is 1.88. The number of nitrogens with one attached hydrogen (secondary N) is 2. The third kappa shape index (κ3) is 4.11. The molecular weight excluding hydrogens is 301 g/mol. The molecule has 0 unspecified atom stereocenters. The molecule has 8 heteroatoms. The van der Waals surface area contributed by atoms with Gasteiger partial charge < -0.3 is 9.64 Å². The molecule has 2 aromatic rings. The Morgan fingerprint density at radius 2 is 2.26 bits per heavy atom. The molecule has 1 saturated heterocycles. The predicted octanol–water partition coefficient (Wildman–Crippen LogP) is 0.804. The highest BCUT2D eigenvalue weighted by Crippen LogP contribution is 2.10. The number of aromatic nitrogens is 3. The zero-order valence-electron chi connectivity index (χ0n) is 12.8. The summed E-state index contributed by atoms with van der Waals surface area (Å²) in [5.74, 6) is 0.262. The molecule has 1 aliphatic heterocycles. The molecule has 0 spiro atoms. The summed E-state index contributed by atoms with van der Waals surface area (Å²) in [6, 6.07) is 6.15. The quantitative estimate of drug-likeness (QED) is 0.871. The number of likely N-dealkylation sites (N-methyl/N-ethyl adjacent to an activating group) is 1. The Balaban J connectivity index is 1.58. The molecule has 0 bridgehead atoms. The number of ether oxygens (including phenoxy) is 1. The summed E-state index contributed by atoms with van der Waals surface area (Å²) in [5.41, 5.74) is 0.901. The molecule has 0 aliphatic carbocycles. The number of carbonyl (C=O) groups excluding carboxylic acids is 1. The van der Waals surface area contributed by atoms with Crippen LogP contribution in [0.15, 0.2) is 24.3 Å². The summed E-state index contributed by atoms with van der Waals surface area (Å²) in [4.78, 5) is 18.4. The minimum atomic E-state index is -0.521. The predicted molar refractivity (Wildman–Crippen MR) is 81.5 cm³/mol. The number of benzene rings is 1. The molecule has 0 radical (unpaired) electrons. The van der Waals surface area contributed by atoms with Crippen molar-refractivity contribution < 1.29 is 13.9 Å². The Kier molecular flexibility index (Phi) is 4.63. The van der Waals surface area contributed by atoms with Crippen LogP contribution < -0.4 is 5.32 Å². The van der Waals surface area contributed by atoms with Gasteiger partial charge in [-0.1, -0.05) is 12.1 Å². The first kappa shape index (κ1) is 15.6. The number of carbonyl (C=O) groups is 1. The molecule has 2 heterocycles. The Bertz CT molecular complexity index is 673. The van der Waals surface area contributed by atoms with Gasteiger partial charge in [0.15, 0.2) is 0 Å². The first-order valence-electron chi connectivity index (χ1n) is 7.37. The molecule has 23 heavy (non-hydrogen) atoms. The maximum absolute atomic E-state index is 12.9.